The smallest absolute Gasteiger partial charge is 0.270 e. The molecular weight excluding hydrogens is 451 g/mol. The van der Waals surface area contributed by atoms with Crippen molar-refractivity contribution in [3.05, 3.63) is 62.6 Å². The summed E-state index contributed by atoms with van der Waals surface area (Å²) in [7, 11) is 3.97. The number of hydrogen-bond donors (Lipinski definition) is 0. The van der Waals surface area contributed by atoms with Gasteiger partial charge < -0.3 is 4.90 Å². The van der Waals surface area contributed by atoms with E-state index in [1.54, 1.807) is 4.90 Å². The van der Waals surface area contributed by atoms with Gasteiger partial charge in [0.05, 0.1) is 10.6 Å². The van der Waals surface area contributed by atoms with Crippen molar-refractivity contribution in [3.8, 4) is 0 Å². The van der Waals surface area contributed by atoms with Gasteiger partial charge in [-0.2, -0.15) is 0 Å². The molecule has 0 aromatic heterocycles. The highest BCUT2D eigenvalue weighted by Crippen LogP contribution is 2.36. The fourth-order valence-electron chi connectivity index (χ4n) is 2.30. The van der Waals surface area contributed by atoms with Crippen LogP contribution in [0.5, 0.6) is 0 Å². The zero-order valence-electron chi connectivity index (χ0n) is 13.2. The number of carbonyl (C=O) groups excluding carboxylic acids is 1. The second-order valence-corrected chi connectivity index (χ2v) is 8.40. The van der Waals surface area contributed by atoms with Gasteiger partial charge in [0.25, 0.3) is 5.91 Å². The molecule has 3 rings (SSSR count). The maximum atomic E-state index is 12.7. The minimum absolute atomic E-state index is 0.0684. The van der Waals surface area contributed by atoms with Crippen molar-refractivity contribution < 1.29 is 4.79 Å². The molecule has 1 heterocycles. The number of thioether (sulfide) groups is 1. The van der Waals surface area contributed by atoms with Gasteiger partial charge in [0.2, 0.25) is 0 Å². The SMILES string of the molecule is CN(C)c1ccc(N2C(=O)/C(=C/c3ccc(I)cc3)SC2=S)cc1. The first-order valence-corrected chi connectivity index (χ1v) is 9.57. The summed E-state index contributed by atoms with van der Waals surface area (Å²) in [5.74, 6) is -0.0684. The number of rotatable bonds is 3. The predicted molar refractivity (Wildman–Crippen MR) is 116 cm³/mol. The van der Waals surface area contributed by atoms with Crippen molar-refractivity contribution in [2.45, 2.75) is 0 Å². The van der Waals surface area contributed by atoms with Crippen LogP contribution >= 0.6 is 46.6 Å². The Morgan fingerprint density at radius 2 is 1.71 bits per heavy atom. The number of hydrogen-bond acceptors (Lipinski definition) is 4. The lowest BCUT2D eigenvalue weighted by Crippen LogP contribution is -2.27. The molecule has 1 saturated heterocycles. The van der Waals surface area contributed by atoms with Gasteiger partial charge in [-0.05, 0) is 70.6 Å². The van der Waals surface area contributed by atoms with Crippen LogP contribution in [0.15, 0.2) is 53.4 Å². The standard InChI is InChI=1S/C18H15IN2OS2/c1-20(2)14-7-9-15(10-8-14)21-17(22)16(24-18(21)23)11-12-3-5-13(19)6-4-12/h3-11H,1-2H3/b16-11-. The number of benzene rings is 2. The number of anilines is 2. The van der Waals surface area contributed by atoms with E-state index < -0.39 is 0 Å². The molecule has 122 valence electrons. The number of amides is 1. The highest BCUT2D eigenvalue weighted by molar-refractivity contribution is 14.1. The molecule has 0 spiro atoms. The first-order valence-electron chi connectivity index (χ1n) is 7.26. The van der Waals surface area contributed by atoms with Crippen LogP contribution in [0, 0.1) is 3.57 Å². The van der Waals surface area contributed by atoms with Crippen LogP contribution in [0.25, 0.3) is 6.08 Å². The lowest BCUT2D eigenvalue weighted by molar-refractivity contribution is -0.113. The molecule has 0 N–H and O–H groups in total. The first-order chi connectivity index (χ1) is 11.5. The molecule has 0 atom stereocenters. The Balaban J connectivity index is 1.87. The van der Waals surface area contributed by atoms with Crippen molar-refractivity contribution in [2.24, 2.45) is 0 Å². The van der Waals surface area contributed by atoms with E-state index in [2.05, 4.69) is 22.6 Å². The van der Waals surface area contributed by atoms with E-state index in [0.29, 0.717) is 9.23 Å². The van der Waals surface area contributed by atoms with Crippen molar-refractivity contribution in [2.75, 3.05) is 23.9 Å². The van der Waals surface area contributed by atoms with Crippen molar-refractivity contribution >= 4 is 74.2 Å². The maximum absolute atomic E-state index is 12.7. The second-order valence-electron chi connectivity index (χ2n) is 5.48. The predicted octanol–water partition coefficient (Wildman–Crippen LogP) is 4.76. The molecule has 0 unspecified atom stereocenters. The minimum Gasteiger partial charge on any atom is -0.378 e. The number of halogens is 1. The van der Waals surface area contributed by atoms with Crippen LogP contribution in [0.1, 0.15) is 5.56 Å². The van der Waals surface area contributed by atoms with Gasteiger partial charge in [-0.1, -0.05) is 36.1 Å². The molecule has 0 radical (unpaired) electrons. The third kappa shape index (κ3) is 3.65. The lowest BCUT2D eigenvalue weighted by atomic mass is 10.2. The summed E-state index contributed by atoms with van der Waals surface area (Å²) in [4.78, 5) is 17.0. The average Bonchev–Trinajstić information content (AvgIpc) is 2.83. The normalized spacial score (nSPS) is 16.1. The van der Waals surface area contributed by atoms with Gasteiger partial charge >= 0.3 is 0 Å². The molecule has 0 aliphatic carbocycles. The third-order valence-corrected chi connectivity index (χ3v) is 5.61. The Morgan fingerprint density at radius 1 is 1.08 bits per heavy atom. The monoisotopic (exact) mass is 466 g/mol. The van der Waals surface area contributed by atoms with Gasteiger partial charge in [0, 0.05) is 23.4 Å². The van der Waals surface area contributed by atoms with Gasteiger partial charge in [-0.3, -0.25) is 9.69 Å². The minimum atomic E-state index is -0.0684. The number of carbonyl (C=O) groups is 1. The fourth-order valence-corrected chi connectivity index (χ4v) is 3.96. The molecule has 6 heteroatoms. The van der Waals surface area contributed by atoms with Gasteiger partial charge in [0.15, 0.2) is 4.32 Å². The Bertz CT molecular complexity index is 814. The fraction of sp³-hybridized carbons (Fsp3) is 0.111. The average molecular weight is 466 g/mol. The van der Waals surface area contributed by atoms with E-state index >= 15 is 0 Å². The highest BCUT2D eigenvalue weighted by atomic mass is 127. The maximum Gasteiger partial charge on any atom is 0.270 e. The highest BCUT2D eigenvalue weighted by Gasteiger charge is 2.33. The molecule has 24 heavy (non-hydrogen) atoms. The first kappa shape index (κ1) is 17.4. The van der Waals surface area contributed by atoms with E-state index in [4.69, 9.17) is 12.2 Å². The van der Waals surface area contributed by atoms with E-state index in [9.17, 15) is 4.79 Å². The van der Waals surface area contributed by atoms with E-state index in [0.717, 1.165) is 16.9 Å². The van der Waals surface area contributed by atoms with E-state index in [-0.39, 0.29) is 5.91 Å². The van der Waals surface area contributed by atoms with E-state index in [1.165, 1.54) is 15.3 Å². The third-order valence-electron chi connectivity index (χ3n) is 3.59. The van der Waals surface area contributed by atoms with Crippen LogP contribution in [-0.2, 0) is 4.79 Å². The molecule has 0 saturated carbocycles. The summed E-state index contributed by atoms with van der Waals surface area (Å²) in [6.45, 7) is 0. The van der Waals surface area contributed by atoms with Crippen molar-refractivity contribution in [3.63, 3.8) is 0 Å². The largest absolute Gasteiger partial charge is 0.378 e. The van der Waals surface area contributed by atoms with Crippen LogP contribution in [0.2, 0.25) is 0 Å². The topological polar surface area (TPSA) is 23.6 Å². The van der Waals surface area contributed by atoms with Gasteiger partial charge in [-0.25, -0.2) is 0 Å². The summed E-state index contributed by atoms with van der Waals surface area (Å²) in [5, 5.41) is 0. The summed E-state index contributed by atoms with van der Waals surface area (Å²) < 4.78 is 1.73. The van der Waals surface area contributed by atoms with Crippen LogP contribution in [0.4, 0.5) is 11.4 Å². The van der Waals surface area contributed by atoms with Crippen LogP contribution in [-0.4, -0.2) is 24.3 Å². The lowest BCUT2D eigenvalue weighted by Gasteiger charge is -2.17. The summed E-state index contributed by atoms with van der Waals surface area (Å²) in [6.07, 6.45) is 1.89. The van der Waals surface area contributed by atoms with Crippen molar-refractivity contribution in [1.82, 2.24) is 0 Å². The molecule has 3 nitrogen and oxygen atoms in total. The molecule has 1 fully saturated rings. The summed E-state index contributed by atoms with van der Waals surface area (Å²) in [6, 6.07) is 15.9. The Morgan fingerprint density at radius 3 is 2.29 bits per heavy atom. The zero-order chi connectivity index (χ0) is 17.3. The Hall–Kier alpha value is -1.38. The Labute approximate surface area is 164 Å². The number of nitrogens with zero attached hydrogens (tertiary/aromatic N) is 2. The molecule has 2 aromatic rings. The molecule has 0 bridgehead atoms. The van der Waals surface area contributed by atoms with Crippen LogP contribution < -0.4 is 9.80 Å². The molecule has 1 aliphatic rings. The summed E-state index contributed by atoms with van der Waals surface area (Å²) in [5.41, 5.74) is 2.88. The molecule has 1 aliphatic heterocycles. The molecular formula is C18H15IN2OS2. The van der Waals surface area contributed by atoms with Gasteiger partial charge in [-0.15, -0.1) is 0 Å². The summed E-state index contributed by atoms with van der Waals surface area (Å²) >= 11 is 9.02. The quantitative estimate of drug-likeness (QED) is 0.370. The van der Waals surface area contributed by atoms with E-state index in [1.807, 2.05) is 73.6 Å². The second kappa shape index (κ2) is 7.25. The zero-order valence-corrected chi connectivity index (χ0v) is 17.0. The van der Waals surface area contributed by atoms with Crippen molar-refractivity contribution in [1.29, 1.82) is 0 Å². The molecule has 2 aromatic carbocycles. The van der Waals surface area contributed by atoms with Gasteiger partial charge in [0.1, 0.15) is 0 Å². The number of thiocarbonyl (C=S) groups is 1. The van der Waals surface area contributed by atoms with Crippen LogP contribution in [0.3, 0.4) is 0 Å². The molecule has 1 amide bonds. The Kier molecular flexibility index (Phi) is 5.27.